The molecule has 0 spiro atoms. The number of nitrogens with zero attached hydrogens (tertiary/aromatic N) is 5. The Bertz CT molecular complexity index is 1370. The second-order valence-electron chi connectivity index (χ2n) is 8.32. The van der Waals surface area contributed by atoms with Crippen molar-refractivity contribution in [3.05, 3.63) is 79.3 Å². The predicted molar refractivity (Wildman–Crippen MR) is 127 cm³/mol. The molecule has 1 fully saturated rings. The molecule has 0 bridgehead atoms. The van der Waals surface area contributed by atoms with Gasteiger partial charge in [-0.15, -0.1) is 0 Å². The number of carbonyl (C=O) groups excluding carboxylic acids is 1. The Labute approximate surface area is 200 Å². The molecule has 2 aromatic carbocycles. The van der Waals surface area contributed by atoms with Crippen molar-refractivity contribution in [2.45, 2.75) is 31.9 Å². The maximum Gasteiger partial charge on any atom is 0.263 e. The van der Waals surface area contributed by atoms with Gasteiger partial charge in [-0.25, -0.2) is 23.4 Å². The number of likely N-dealkylation sites (tertiary alicyclic amines) is 1. The summed E-state index contributed by atoms with van der Waals surface area (Å²) in [6.07, 6.45) is 3.82. The first-order valence-corrected chi connectivity index (χ1v) is 11.3. The van der Waals surface area contributed by atoms with Crippen LogP contribution in [0.5, 0.6) is 11.5 Å². The molecule has 7 nitrogen and oxygen atoms in total. The van der Waals surface area contributed by atoms with Crippen molar-refractivity contribution in [2.24, 2.45) is 0 Å². The standard InChI is InChI=1S/C26H23F2N5O2/c1-2-23(34)32-12-4-6-19(32)15-33-26-22(14-29-16-30-26)24(31-33)17-8-10-20(11-9-17)35-21-7-3-5-18(13-21)25(27)28/h2-3,5,7-11,13-14,16,19,25H,1,4,6,12,15H2/t19-/m0/s1. The van der Waals surface area contributed by atoms with Crippen molar-refractivity contribution >= 4 is 16.9 Å². The van der Waals surface area contributed by atoms with E-state index in [4.69, 9.17) is 9.84 Å². The summed E-state index contributed by atoms with van der Waals surface area (Å²) in [5.41, 5.74) is 2.15. The summed E-state index contributed by atoms with van der Waals surface area (Å²) in [5, 5.41) is 5.61. The third-order valence-corrected chi connectivity index (χ3v) is 6.10. The molecule has 0 N–H and O–H groups in total. The zero-order chi connectivity index (χ0) is 24.4. The SMILES string of the molecule is C=CC(=O)N1CCC[C@H]1Cn1nc(-c2ccc(Oc3cccc(C(F)F)c3)cc2)c2cncnc21. The van der Waals surface area contributed by atoms with Gasteiger partial charge >= 0.3 is 0 Å². The zero-order valence-corrected chi connectivity index (χ0v) is 18.8. The van der Waals surface area contributed by atoms with Crippen molar-refractivity contribution in [3.8, 4) is 22.8 Å². The van der Waals surface area contributed by atoms with Gasteiger partial charge < -0.3 is 9.64 Å². The molecule has 0 aliphatic carbocycles. The fourth-order valence-corrected chi connectivity index (χ4v) is 4.42. The van der Waals surface area contributed by atoms with E-state index in [-0.39, 0.29) is 17.5 Å². The van der Waals surface area contributed by atoms with Crippen molar-refractivity contribution in [1.82, 2.24) is 24.6 Å². The van der Waals surface area contributed by atoms with Gasteiger partial charge in [-0.3, -0.25) is 4.79 Å². The number of rotatable bonds is 7. The van der Waals surface area contributed by atoms with Crippen molar-refractivity contribution in [1.29, 1.82) is 0 Å². The highest BCUT2D eigenvalue weighted by atomic mass is 19.3. The lowest BCUT2D eigenvalue weighted by Crippen LogP contribution is -2.37. The quantitative estimate of drug-likeness (QED) is 0.335. The number of hydrogen-bond acceptors (Lipinski definition) is 5. The van der Waals surface area contributed by atoms with Crippen LogP contribution in [-0.2, 0) is 11.3 Å². The summed E-state index contributed by atoms with van der Waals surface area (Å²) < 4.78 is 33.5. The molecule has 4 aromatic rings. The minimum atomic E-state index is -2.56. The van der Waals surface area contributed by atoms with Crippen LogP contribution >= 0.6 is 0 Å². The third kappa shape index (κ3) is 4.62. The molecule has 1 saturated heterocycles. The summed E-state index contributed by atoms with van der Waals surface area (Å²) in [6.45, 7) is 4.84. The largest absolute Gasteiger partial charge is 0.457 e. The Balaban J connectivity index is 1.41. The first-order chi connectivity index (χ1) is 17.0. The van der Waals surface area contributed by atoms with Gasteiger partial charge in [-0.2, -0.15) is 5.10 Å². The number of halogens is 2. The van der Waals surface area contributed by atoms with E-state index in [1.165, 1.54) is 30.6 Å². The number of alkyl halides is 2. The fourth-order valence-electron chi connectivity index (χ4n) is 4.42. The van der Waals surface area contributed by atoms with E-state index in [9.17, 15) is 13.6 Å². The van der Waals surface area contributed by atoms with E-state index in [1.807, 2.05) is 21.7 Å². The van der Waals surface area contributed by atoms with E-state index in [0.29, 0.717) is 35.9 Å². The van der Waals surface area contributed by atoms with E-state index in [2.05, 4.69) is 16.5 Å². The van der Waals surface area contributed by atoms with Crippen LogP contribution in [0.15, 0.2) is 73.7 Å². The second kappa shape index (κ2) is 9.61. The molecule has 0 unspecified atom stereocenters. The molecule has 5 rings (SSSR count). The fraction of sp³-hybridized carbons (Fsp3) is 0.231. The molecule has 1 atom stereocenters. The monoisotopic (exact) mass is 475 g/mol. The van der Waals surface area contributed by atoms with Gasteiger partial charge in [-0.05, 0) is 55.3 Å². The normalized spacial score (nSPS) is 15.6. The van der Waals surface area contributed by atoms with Crippen LogP contribution in [0.25, 0.3) is 22.3 Å². The Kier molecular flexibility index (Phi) is 6.22. The maximum atomic E-state index is 13.0. The summed E-state index contributed by atoms with van der Waals surface area (Å²) in [7, 11) is 0. The van der Waals surface area contributed by atoms with Gasteiger partial charge in [0.15, 0.2) is 5.65 Å². The van der Waals surface area contributed by atoms with E-state index < -0.39 is 6.43 Å². The molecule has 178 valence electrons. The number of carbonyl (C=O) groups is 1. The van der Waals surface area contributed by atoms with Gasteiger partial charge in [-0.1, -0.05) is 18.7 Å². The Morgan fingerprint density at radius 2 is 2.03 bits per heavy atom. The maximum absolute atomic E-state index is 13.0. The van der Waals surface area contributed by atoms with Gasteiger partial charge in [0.25, 0.3) is 6.43 Å². The molecule has 9 heteroatoms. The first kappa shape index (κ1) is 22.6. The molecule has 3 heterocycles. The van der Waals surface area contributed by atoms with Crippen molar-refractivity contribution < 1.29 is 18.3 Å². The minimum absolute atomic E-state index is 0.0196. The molecule has 1 amide bonds. The van der Waals surface area contributed by atoms with Crippen LogP contribution < -0.4 is 4.74 Å². The molecule has 0 radical (unpaired) electrons. The Morgan fingerprint density at radius 1 is 1.20 bits per heavy atom. The van der Waals surface area contributed by atoms with Crippen LogP contribution in [0.2, 0.25) is 0 Å². The van der Waals surface area contributed by atoms with E-state index in [0.717, 1.165) is 23.8 Å². The minimum Gasteiger partial charge on any atom is -0.457 e. The Morgan fingerprint density at radius 3 is 2.80 bits per heavy atom. The molecular weight excluding hydrogens is 452 g/mol. The summed E-state index contributed by atoms with van der Waals surface area (Å²) in [4.78, 5) is 22.7. The number of hydrogen-bond donors (Lipinski definition) is 0. The number of benzene rings is 2. The average Bonchev–Trinajstić information content (AvgIpc) is 3.49. The van der Waals surface area contributed by atoms with Crippen molar-refractivity contribution in [3.63, 3.8) is 0 Å². The first-order valence-electron chi connectivity index (χ1n) is 11.3. The highest BCUT2D eigenvalue weighted by Gasteiger charge is 2.29. The average molecular weight is 475 g/mol. The number of ether oxygens (including phenoxy) is 1. The predicted octanol–water partition coefficient (Wildman–Crippen LogP) is 5.40. The summed E-state index contributed by atoms with van der Waals surface area (Å²) in [5.74, 6) is 0.784. The zero-order valence-electron chi connectivity index (χ0n) is 18.8. The molecule has 35 heavy (non-hydrogen) atoms. The molecule has 1 aliphatic heterocycles. The lowest BCUT2D eigenvalue weighted by molar-refractivity contribution is -0.127. The van der Waals surface area contributed by atoms with Crippen LogP contribution in [0, 0.1) is 0 Å². The second-order valence-corrected chi connectivity index (χ2v) is 8.32. The van der Waals surface area contributed by atoms with Crippen LogP contribution in [-0.4, -0.2) is 43.1 Å². The third-order valence-electron chi connectivity index (χ3n) is 6.10. The summed E-state index contributed by atoms with van der Waals surface area (Å²) >= 11 is 0. The van der Waals surface area contributed by atoms with E-state index >= 15 is 0 Å². The molecular formula is C26H23F2N5O2. The molecule has 1 aliphatic rings. The number of aromatic nitrogens is 4. The van der Waals surface area contributed by atoms with Crippen molar-refractivity contribution in [2.75, 3.05) is 6.54 Å². The molecule has 2 aromatic heterocycles. The highest BCUT2D eigenvalue weighted by Crippen LogP contribution is 2.31. The highest BCUT2D eigenvalue weighted by molar-refractivity contribution is 5.90. The summed E-state index contributed by atoms with van der Waals surface area (Å²) in [6, 6.07) is 13.1. The van der Waals surface area contributed by atoms with Gasteiger partial charge in [0, 0.05) is 23.9 Å². The number of fused-ring (bicyclic) bond motifs is 1. The smallest absolute Gasteiger partial charge is 0.263 e. The van der Waals surface area contributed by atoms with Gasteiger partial charge in [0.05, 0.1) is 18.0 Å². The lowest BCUT2D eigenvalue weighted by atomic mass is 10.1. The van der Waals surface area contributed by atoms with E-state index in [1.54, 1.807) is 24.4 Å². The topological polar surface area (TPSA) is 73.1 Å². The van der Waals surface area contributed by atoms with Crippen LogP contribution in [0.3, 0.4) is 0 Å². The van der Waals surface area contributed by atoms with Crippen LogP contribution in [0.1, 0.15) is 24.8 Å². The number of amides is 1. The molecule has 0 saturated carbocycles. The lowest BCUT2D eigenvalue weighted by Gasteiger charge is -2.23. The Hall–Kier alpha value is -4.14. The van der Waals surface area contributed by atoms with Gasteiger partial charge in [0.2, 0.25) is 5.91 Å². The van der Waals surface area contributed by atoms with Gasteiger partial charge in [0.1, 0.15) is 23.5 Å². The van der Waals surface area contributed by atoms with Crippen LogP contribution in [0.4, 0.5) is 8.78 Å².